The van der Waals surface area contributed by atoms with Crippen LogP contribution in [0.5, 0.6) is 0 Å². The smallest absolute Gasteiger partial charge is 0.465 e. The van der Waals surface area contributed by atoms with Gasteiger partial charge in [-0.3, -0.25) is 19.2 Å². The lowest BCUT2D eigenvalue weighted by Crippen LogP contribution is -2.60. The molecule has 1 rings (SSSR count). The maximum absolute atomic E-state index is 14.3. The molecular weight excluding hydrogens is 815 g/mol. The van der Waals surface area contributed by atoms with E-state index in [9.17, 15) is 29.5 Å². The number of nitrogens with zero attached hydrogens (tertiary/aromatic N) is 1. The van der Waals surface area contributed by atoms with E-state index in [0.29, 0.717) is 31.9 Å². The number of aliphatic hydroxyl groups is 1. The Morgan fingerprint density at radius 2 is 1.22 bits per heavy atom. The van der Waals surface area contributed by atoms with Gasteiger partial charge in [0.2, 0.25) is 0 Å². The van der Waals surface area contributed by atoms with Crippen molar-refractivity contribution >= 4 is 57.6 Å². The summed E-state index contributed by atoms with van der Waals surface area (Å²) in [5, 5.41) is 19.9. The van der Waals surface area contributed by atoms with Gasteiger partial charge in [0, 0.05) is 12.0 Å². The summed E-state index contributed by atoms with van der Waals surface area (Å²) in [5.74, 6) is -4.49. The highest BCUT2D eigenvalue weighted by molar-refractivity contribution is 6.90. The monoisotopic (exact) mass is 891 g/mol. The van der Waals surface area contributed by atoms with Crippen LogP contribution in [0.25, 0.3) is 0 Å². The van der Waals surface area contributed by atoms with E-state index in [-0.39, 0.29) is 64.8 Å². The summed E-state index contributed by atoms with van der Waals surface area (Å²) in [6.45, 7) is 28.0. The van der Waals surface area contributed by atoms with Crippen LogP contribution in [-0.4, -0.2) is 108 Å². The number of carbonyl (C=O) groups excluding carboxylic acids is 4. The van der Waals surface area contributed by atoms with Gasteiger partial charge in [0.15, 0.2) is 25.0 Å². The summed E-state index contributed by atoms with van der Waals surface area (Å²) in [6.07, 6.45) is 2.17. The normalized spacial score (nSPS) is 18.4. The maximum Gasteiger partial charge on any atom is 0.469 e. The molecule has 0 spiro atoms. The third kappa shape index (κ3) is 21.0. The van der Waals surface area contributed by atoms with E-state index in [1.165, 1.54) is 0 Å². The number of ether oxygens (including phenoxy) is 5. The molecule has 0 aromatic rings. The Hall–Kier alpha value is -1.96. The molecule has 14 nitrogen and oxygen atoms in total. The van der Waals surface area contributed by atoms with Crippen LogP contribution < -0.4 is 0 Å². The molecule has 1 N–H and O–H groups in total. The van der Waals surface area contributed by atoms with E-state index in [4.69, 9.17) is 36.0 Å². The van der Waals surface area contributed by atoms with Crippen molar-refractivity contribution in [1.82, 2.24) is 0 Å². The zero-order chi connectivity index (χ0) is 44.6. The molecule has 18 heteroatoms. The minimum Gasteiger partial charge on any atom is -0.465 e. The fourth-order valence-corrected chi connectivity index (χ4v) is 21.5. The molecule has 6 unspecified atom stereocenters. The van der Waals surface area contributed by atoms with Crippen molar-refractivity contribution in [2.45, 2.75) is 157 Å². The van der Waals surface area contributed by atoms with Gasteiger partial charge < -0.3 is 41.1 Å². The average molecular weight is 892 g/mol. The van der Waals surface area contributed by atoms with Gasteiger partial charge in [-0.2, -0.15) is 5.26 Å². The molecule has 1 saturated heterocycles. The molecule has 1 aliphatic heterocycles. The molecule has 0 radical (unpaired) electrons. The quantitative estimate of drug-likeness (QED) is 0.0244. The SMILES string of the molecule is CCCCOC(=O)C(CC)CC(C)(CC(C#N)CC(C)(CC(C)C(=O)OCCO)C(=O)OCCC[Si](O[Si](C)(C)C)(O[Si](C)(C)C)O[Si](C)(C)C)C(=O)OCC1CO1. The van der Waals surface area contributed by atoms with E-state index >= 15 is 0 Å². The summed E-state index contributed by atoms with van der Waals surface area (Å²) < 4.78 is 48.0. The first-order chi connectivity index (χ1) is 26.7. The van der Waals surface area contributed by atoms with E-state index in [2.05, 4.69) is 65.0 Å². The van der Waals surface area contributed by atoms with Crippen LogP contribution in [0.4, 0.5) is 0 Å². The third-order valence-corrected chi connectivity index (χ3v) is 21.4. The summed E-state index contributed by atoms with van der Waals surface area (Å²) >= 11 is 0. The van der Waals surface area contributed by atoms with E-state index in [0.717, 1.165) is 6.42 Å². The lowest BCUT2D eigenvalue weighted by atomic mass is 9.68. The minimum atomic E-state index is -3.20. The number of epoxide rings is 1. The molecule has 0 aromatic carbocycles. The standard InChI is InChI=1S/C40H77NO13Si4/c1-15-17-20-47-36(44)33(16-2)27-40(5,38(46)51-30-34-29-50-34)26-32(28-41)25-39(4,24-31(3)35(43)48-22-19-42)37(45)49-21-18-23-58(52-55(6,7)8,53-56(9,10)11)54-57(12,13)14/h31-34,42H,15-27,29-30H2,1-14H3. The molecule has 336 valence electrons. The summed E-state index contributed by atoms with van der Waals surface area (Å²) in [6, 6.07) is 2.76. The van der Waals surface area contributed by atoms with E-state index < -0.39 is 86.2 Å². The molecule has 0 aliphatic carbocycles. The second kappa shape index (κ2) is 23.9. The predicted octanol–water partition coefficient (Wildman–Crippen LogP) is 7.61. The van der Waals surface area contributed by atoms with Crippen molar-refractivity contribution in [1.29, 1.82) is 5.26 Å². The zero-order valence-electron chi connectivity index (χ0n) is 38.2. The van der Waals surface area contributed by atoms with Crippen LogP contribution in [0.2, 0.25) is 65.0 Å². The van der Waals surface area contributed by atoms with Crippen LogP contribution in [0, 0.1) is 39.9 Å². The van der Waals surface area contributed by atoms with Crippen molar-refractivity contribution < 1.29 is 60.3 Å². The number of carbonyl (C=O) groups is 4. The fourth-order valence-electron chi connectivity index (χ4n) is 6.92. The van der Waals surface area contributed by atoms with E-state index in [1.807, 2.05) is 13.8 Å². The molecule has 58 heavy (non-hydrogen) atoms. The van der Waals surface area contributed by atoms with Crippen molar-refractivity contribution in [3.63, 3.8) is 0 Å². The van der Waals surface area contributed by atoms with Crippen molar-refractivity contribution in [2.75, 3.05) is 39.6 Å². The van der Waals surface area contributed by atoms with Gasteiger partial charge >= 0.3 is 32.7 Å². The second-order valence-corrected chi connectivity index (χ2v) is 36.3. The van der Waals surface area contributed by atoms with Gasteiger partial charge in [0.25, 0.3) is 0 Å². The van der Waals surface area contributed by atoms with Gasteiger partial charge in [-0.05, 0) is 118 Å². The Bertz CT molecular complexity index is 1310. The van der Waals surface area contributed by atoms with Crippen molar-refractivity contribution in [2.24, 2.45) is 28.6 Å². The maximum atomic E-state index is 14.3. The third-order valence-electron chi connectivity index (χ3n) is 9.37. The Morgan fingerprint density at radius 3 is 1.67 bits per heavy atom. The van der Waals surface area contributed by atoms with Crippen LogP contribution in [0.3, 0.4) is 0 Å². The Kier molecular flexibility index (Phi) is 22.3. The van der Waals surface area contributed by atoms with Gasteiger partial charge in [-0.15, -0.1) is 0 Å². The average Bonchev–Trinajstić information content (AvgIpc) is 3.92. The molecule has 1 fully saturated rings. The lowest BCUT2D eigenvalue weighted by molar-refractivity contribution is -0.161. The van der Waals surface area contributed by atoms with E-state index in [1.54, 1.807) is 20.8 Å². The number of aliphatic hydroxyl groups excluding tert-OH is 1. The highest BCUT2D eigenvalue weighted by Crippen LogP contribution is 2.43. The van der Waals surface area contributed by atoms with Crippen LogP contribution in [0.1, 0.15) is 86.0 Å². The first-order valence-electron chi connectivity index (χ1n) is 21.1. The lowest BCUT2D eigenvalue weighted by Gasteiger charge is -2.43. The first kappa shape index (κ1) is 54.1. The van der Waals surface area contributed by atoms with Gasteiger partial charge in [-0.25, -0.2) is 0 Å². The van der Waals surface area contributed by atoms with Crippen molar-refractivity contribution in [3.8, 4) is 6.07 Å². The number of rotatable bonds is 30. The minimum absolute atomic E-state index is 0.0223. The molecule has 0 amide bonds. The number of nitriles is 1. The summed E-state index contributed by atoms with van der Waals surface area (Å²) in [7, 11) is -9.61. The molecule has 0 aromatic heterocycles. The predicted molar refractivity (Wildman–Crippen MR) is 231 cm³/mol. The van der Waals surface area contributed by atoms with Crippen molar-refractivity contribution in [3.05, 3.63) is 0 Å². The van der Waals surface area contributed by atoms with Crippen LogP contribution in [0.15, 0.2) is 0 Å². The molecule has 0 saturated carbocycles. The summed E-state index contributed by atoms with van der Waals surface area (Å²) in [4.78, 5) is 54.2. The number of unbranched alkanes of at least 4 members (excludes halogenated alkanes) is 1. The second-order valence-electron chi connectivity index (χ2n) is 19.3. The Balaban J connectivity index is 3.47. The topological polar surface area (TPSA) is 189 Å². The fraction of sp³-hybridized carbons (Fsp3) is 0.875. The molecule has 0 bridgehead atoms. The summed E-state index contributed by atoms with van der Waals surface area (Å²) in [5.41, 5.74) is -2.67. The molecule has 1 aliphatic rings. The number of hydrogen-bond acceptors (Lipinski definition) is 14. The molecule has 1 heterocycles. The molecular formula is C40H77NO13Si4. The van der Waals surface area contributed by atoms with Gasteiger partial charge in [0.1, 0.15) is 19.3 Å². The Labute approximate surface area is 353 Å². The van der Waals surface area contributed by atoms with Gasteiger partial charge in [-0.1, -0.05) is 27.2 Å². The van der Waals surface area contributed by atoms with Crippen LogP contribution >= 0.6 is 0 Å². The highest BCUT2D eigenvalue weighted by atomic mass is 28.5. The number of hydrogen-bond donors (Lipinski definition) is 1. The first-order valence-corrected chi connectivity index (χ1v) is 33.2. The molecule has 6 atom stereocenters. The van der Waals surface area contributed by atoms with Gasteiger partial charge in [0.05, 0.1) is 55.2 Å². The zero-order valence-corrected chi connectivity index (χ0v) is 42.2. The number of esters is 4. The highest BCUT2D eigenvalue weighted by Gasteiger charge is 2.50. The van der Waals surface area contributed by atoms with Crippen LogP contribution in [-0.2, 0) is 55.2 Å². The largest absolute Gasteiger partial charge is 0.469 e. The Morgan fingerprint density at radius 1 is 0.741 bits per heavy atom.